The SMILES string of the molecule is C=CC(=O)Nc1ccc(-c2nn3ncnc(N)c3c2-c2ccc(OC3CC(OC)C3)cc2)cc1. The van der Waals surface area contributed by atoms with Crippen LogP contribution in [0.15, 0.2) is 67.5 Å². The van der Waals surface area contributed by atoms with Crippen molar-refractivity contribution in [3.8, 4) is 28.1 Å². The summed E-state index contributed by atoms with van der Waals surface area (Å²) in [6.45, 7) is 3.47. The minimum absolute atomic E-state index is 0.174. The van der Waals surface area contributed by atoms with E-state index in [1.54, 1.807) is 7.11 Å². The van der Waals surface area contributed by atoms with Crippen LogP contribution in [0.3, 0.4) is 0 Å². The standard InChI is InChI=1S/C25H24N6O3/c1-3-21(32)29-17-8-4-16(5-9-17)23-22(24-25(26)27-14-28-31(24)30-23)15-6-10-18(11-7-15)34-20-12-19(13-20)33-2/h3-11,14,19-20H,1,12-13H2,2H3,(H,29,32)(H2,26,27,28). The Balaban J connectivity index is 1.50. The van der Waals surface area contributed by atoms with E-state index in [1.165, 1.54) is 17.0 Å². The zero-order chi connectivity index (χ0) is 23.7. The molecule has 172 valence electrons. The fourth-order valence-electron chi connectivity index (χ4n) is 4.00. The summed E-state index contributed by atoms with van der Waals surface area (Å²) in [6.07, 6.45) is 4.85. The van der Waals surface area contributed by atoms with Gasteiger partial charge in [-0.15, -0.1) is 14.8 Å². The quantitative estimate of drug-likeness (QED) is 0.407. The number of anilines is 2. The zero-order valence-electron chi connectivity index (χ0n) is 18.6. The van der Waals surface area contributed by atoms with Gasteiger partial charge in [-0.05, 0) is 35.9 Å². The van der Waals surface area contributed by atoms with Crippen molar-refractivity contribution in [3.63, 3.8) is 0 Å². The van der Waals surface area contributed by atoms with Crippen LogP contribution in [0.5, 0.6) is 5.75 Å². The highest BCUT2D eigenvalue weighted by Crippen LogP contribution is 2.38. The summed E-state index contributed by atoms with van der Waals surface area (Å²) in [6, 6.07) is 15.2. The van der Waals surface area contributed by atoms with Gasteiger partial charge in [0, 0.05) is 36.8 Å². The summed E-state index contributed by atoms with van der Waals surface area (Å²) in [5, 5.41) is 11.7. The summed E-state index contributed by atoms with van der Waals surface area (Å²) in [7, 11) is 1.73. The van der Waals surface area contributed by atoms with E-state index < -0.39 is 0 Å². The first kappa shape index (κ1) is 21.6. The van der Waals surface area contributed by atoms with E-state index in [4.69, 9.17) is 15.2 Å². The average molecular weight is 457 g/mol. The van der Waals surface area contributed by atoms with Gasteiger partial charge in [0.1, 0.15) is 29.4 Å². The van der Waals surface area contributed by atoms with Gasteiger partial charge in [-0.25, -0.2) is 4.98 Å². The molecule has 0 saturated heterocycles. The average Bonchev–Trinajstić information content (AvgIpc) is 3.23. The molecule has 0 unspecified atom stereocenters. The molecule has 9 nitrogen and oxygen atoms in total. The van der Waals surface area contributed by atoms with E-state index in [1.807, 2.05) is 48.5 Å². The number of nitrogens with one attached hydrogen (secondary N) is 1. The van der Waals surface area contributed by atoms with E-state index in [-0.39, 0.29) is 18.1 Å². The number of carbonyl (C=O) groups is 1. The first-order valence-corrected chi connectivity index (χ1v) is 10.9. The van der Waals surface area contributed by atoms with Gasteiger partial charge >= 0.3 is 0 Å². The number of hydrogen-bond donors (Lipinski definition) is 2. The third-order valence-corrected chi connectivity index (χ3v) is 5.91. The molecule has 0 radical (unpaired) electrons. The van der Waals surface area contributed by atoms with Crippen LogP contribution in [0.4, 0.5) is 11.5 Å². The molecule has 2 aromatic heterocycles. The molecular weight excluding hydrogens is 432 g/mol. The van der Waals surface area contributed by atoms with Crippen molar-refractivity contribution in [2.45, 2.75) is 25.0 Å². The fourth-order valence-corrected chi connectivity index (χ4v) is 4.00. The Kier molecular flexibility index (Phi) is 5.69. The molecule has 34 heavy (non-hydrogen) atoms. The molecule has 1 fully saturated rings. The fraction of sp³-hybridized carbons (Fsp3) is 0.200. The topological polar surface area (TPSA) is 117 Å². The first-order valence-electron chi connectivity index (χ1n) is 10.9. The van der Waals surface area contributed by atoms with Crippen molar-refractivity contribution in [1.82, 2.24) is 19.8 Å². The molecule has 2 aromatic carbocycles. The molecule has 1 aliphatic rings. The van der Waals surface area contributed by atoms with Crippen molar-refractivity contribution in [2.75, 3.05) is 18.2 Å². The number of amides is 1. The molecule has 1 amide bonds. The van der Waals surface area contributed by atoms with Crippen molar-refractivity contribution in [2.24, 2.45) is 0 Å². The molecule has 2 heterocycles. The monoisotopic (exact) mass is 456 g/mol. The Morgan fingerprint density at radius 3 is 2.50 bits per heavy atom. The number of carbonyl (C=O) groups excluding carboxylic acids is 1. The maximum absolute atomic E-state index is 11.6. The van der Waals surface area contributed by atoms with Gasteiger partial charge in [-0.1, -0.05) is 30.8 Å². The molecule has 3 N–H and O–H groups in total. The Bertz CT molecular complexity index is 1340. The number of ether oxygens (including phenoxy) is 2. The summed E-state index contributed by atoms with van der Waals surface area (Å²) in [4.78, 5) is 15.7. The van der Waals surface area contributed by atoms with Crippen molar-refractivity contribution < 1.29 is 14.3 Å². The number of nitrogens with two attached hydrogens (primary N) is 1. The number of nitrogen functional groups attached to an aromatic ring is 1. The van der Waals surface area contributed by atoms with Crippen LogP contribution in [0.25, 0.3) is 27.9 Å². The Morgan fingerprint density at radius 1 is 1.12 bits per heavy atom. The van der Waals surface area contributed by atoms with Gasteiger partial charge in [0.25, 0.3) is 0 Å². The third-order valence-electron chi connectivity index (χ3n) is 5.91. The van der Waals surface area contributed by atoms with Gasteiger partial charge < -0.3 is 20.5 Å². The Morgan fingerprint density at radius 2 is 1.82 bits per heavy atom. The molecule has 0 atom stereocenters. The molecule has 0 bridgehead atoms. The number of hydrogen-bond acceptors (Lipinski definition) is 7. The first-order chi connectivity index (χ1) is 16.6. The highest BCUT2D eigenvalue weighted by molar-refractivity contribution is 5.99. The molecule has 5 rings (SSSR count). The minimum Gasteiger partial charge on any atom is -0.490 e. The molecule has 4 aromatic rings. The second kappa shape index (κ2) is 8.95. The number of methoxy groups -OCH3 is 1. The lowest BCUT2D eigenvalue weighted by molar-refractivity contribution is -0.111. The maximum atomic E-state index is 11.6. The molecule has 0 aliphatic heterocycles. The molecule has 1 saturated carbocycles. The van der Waals surface area contributed by atoms with Gasteiger partial charge in [0.15, 0.2) is 5.82 Å². The lowest BCUT2D eigenvalue weighted by Gasteiger charge is -2.34. The Hall–Kier alpha value is -4.24. The largest absolute Gasteiger partial charge is 0.490 e. The van der Waals surface area contributed by atoms with Gasteiger partial charge in [-0.2, -0.15) is 0 Å². The number of aromatic nitrogens is 4. The van der Waals surface area contributed by atoms with Crippen LogP contribution in [0.1, 0.15) is 12.8 Å². The number of rotatable bonds is 7. The predicted octanol–water partition coefficient (Wildman–Crippen LogP) is 3.72. The summed E-state index contributed by atoms with van der Waals surface area (Å²) >= 11 is 0. The van der Waals surface area contributed by atoms with E-state index >= 15 is 0 Å². The van der Waals surface area contributed by atoms with Crippen molar-refractivity contribution in [3.05, 3.63) is 67.5 Å². The second-order valence-electron chi connectivity index (χ2n) is 8.07. The number of fused-ring (bicyclic) bond motifs is 1. The van der Waals surface area contributed by atoms with E-state index in [9.17, 15) is 4.79 Å². The summed E-state index contributed by atoms with van der Waals surface area (Å²) in [5.41, 5.74) is 10.8. The lowest BCUT2D eigenvalue weighted by Crippen LogP contribution is -2.38. The number of benzene rings is 2. The highest BCUT2D eigenvalue weighted by Gasteiger charge is 2.30. The van der Waals surface area contributed by atoms with Gasteiger partial charge in [-0.3, -0.25) is 4.79 Å². The van der Waals surface area contributed by atoms with Crippen molar-refractivity contribution in [1.29, 1.82) is 0 Å². The zero-order valence-corrected chi connectivity index (χ0v) is 18.6. The van der Waals surface area contributed by atoms with Crippen LogP contribution in [-0.2, 0) is 9.53 Å². The minimum atomic E-state index is -0.272. The molecule has 0 spiro atoms. The maximum Gasteiger partial charge on any atom is 0.247 e. The van der Waals surface area contributed by atoms with Crippen LogP contribution in [-0.4, -0.2) is 45.0 Å². The second-order valence-corrected chi connectivity index (χ2v) is 8.07. The molecule has 9 heteroatoms. The summed E-state index contributed by atoms with van der Waals surface area (Å²) < 4.78 is 12.9. The van der Waals surface area contributed by atoms with Crippen LogP contribution in [0, 0.1) is 0 Å². The van der Waals surface area contributed by atoms with E-state index in [2.05, 4.69) is 27.1 Å². The predicted molar refractivity (Wildman–Crippen MR) is 129 cm³/mol. The normalized spacial score (nSPS) is 17.2. The van der Waals surface area contributed by atoms with Crippen LogP contribution in [0.2, 0.25) is 0 Å². The number of nitrogens with zero attached hydrogens (tertiary/aromatic N) is 4. The molecule has 1 aliphatic carbocycles. The third kappa shape index (κ3) is 4.08. The smallest absolute Gasteiger partial charge is 0.247 e. The Labute approximate surface area is 196 Å². The van der Waals surface area contributed by atoms with E-state index in [0.29, 0.717) is 22.7 Å². The summed E-state index contributed by atoms with van der Waals surface area (Å²) in [5.74, 6) is 0.859. The van der Waals surface area contributed by atoms with Gasteiger partial charge in [0.2, 0.25) is 5.91 Å². The van der Waals surface area contributed by atoms with E-state index in [0.717, 1.165) is 35.3 Å². The van der Waals surface area contributed by atoms with Crippen LogP contribution >= 0.6 is 0 Å². The van der Waals surface area contributed by atoms with Crippen molar-refractivity contribution >= 4 is 22.9 Å². The van der Waals surface area contributed by atoms with Crippen LogP contribution < -0.4 is 15.8 Å². The highest BCUT2D eigenvalue weighted by atomic mass is 16.5. The molecular formula is C25H24N6O3. The lowest BCUT2D eigenvalue weighted by atomic mass is 9.92. The van der Waals surface area contributed by atoms with Gasteiger partial charge in [0.05, 0.1) is 6.10 Å².